The van der Waals surface area contributed by atoms with E-state index in [0.717, 1.165) is 33.6 Å². The molecule has 0 amide bonds. The van der Waals surface area contributed by atoms with Gasteiger partial charge in [0, 0.05) is 0 Å². The Bertz CT molecular complexity index is 588. The molecule has 0 aliphatic heterocycles. The highest BCUT2D eigenvalue weighted by molar-refractivity contribution is 5.43. The minimum absolute atomic E-state index is 0.592. The van der Waals surface area contributed by atoms with E-state index in [-0.39, 0.29) is 0 Å². The van der Waals surface area contributed by atoms with Gasteiger partial charge in [0.25, 0.3) is 0 Å². The number of hydrogen-bond donors (Lipinski definition) is 1. The quantitative estimate of drug-likeness (QED) is 0.907. The minimum Gasteiger partial charge on any atom is -0.497 e. The van der Waals surface area contributed by atoms with Crippen molar-refractivity contribution in [2.24, 2.45) is 0 Å². The highest BCUT2D eigenvalue weighted by Crippen LogP contribution is 2.29. The van der Waals surface area contributed by atoms with Gasteiger partial charge >= 0.3 is 0 Å². The molecule has 0 saturated carbocycles. The third-order valence-corrected chi connectivity index (χ3v) is 3.50. The molecule has 0 aliphatic carbocycles. The summed E-state index contributed by atoms with van der Waals surface area (Å²) < 4.78 is 5.20. The molecule has 100 valence electrons. The summed E-state index contributed by atoms with van der Waals surface area (Å²) >= 11 is 0. The van der Waals surface area contributed by atoms with Crippen LogP contribution >= 0.6 is 0 Å². The molecule has 0 saturated heterocycles. The zero-order chi connectivity index (χ0) is 14.0. The van der Waals surface area contributed by atoms with E-state index in [1.807, 2.05) is 51.1 Å². The lowest BCUT2D eigenvalue weighted by atomic mass is 9.93. The normalized spacial score (nSPS) is 12.3. The van der Waals surface area contributed by atoms with Crippen molar-refractivity contribution in [3.05, 3.63) is 64.2 Å². The highest BCUT2D eigenvalue weighted by Gasteiger charge is 2.15. The molecule has 2 aromatic rings. The van der Waals surface area contributed by atoms with Gasteiger partial charge in [0.05, 0.1) is 7.11 Å². The molecule has 1 unspecified atom stereocenters. The second kappa shape index (κ2) is 5.45. The van der Waals surface area contributed by atoms with Gasteiger partial charge in [-0.3, -0.25) is 0 Å². The molecule has 0 aliphatic rings. The van der Waals surface area contributed by atoms with Crippen LogP contribution in [0.4, 0.5) is 0 Å². The number of aliphatic hydroxyl groups excluding tert-OH is 1. The summed E-state index contributed by atoms with van der Waals surface area (Å²) in [5, 5.41) is 10.6. The second-order valence-corrected chi connectivity index (χ2v) is 4.99. The van der Waals surface area contributed by atoms with E-state index >= 15 is 0 Å². The highest BCUT2D eigenvalue weighted by atomic mass is 16.5. The topological polar surface area (TPSA) is 29.5 Å². The van der Waals surface area contributed by atoms with Crippen LogP contribution in [0.2, 0.25) is 0 Å². The van der Waals surface area contributed by atoms with Crippen molar-refractivity contribution >= 4 is 0 Å². The third kappa shape index (κ3) is 2.79. The van der Waals surface area contributed by atoms with E-state index in [1.54, 1.807) is 7.11 Å². The van der Waals surface area contributed by atoms with Crippen LogP contribution in [0.3, 0.4) is 0 Å². The molecule has 2 nitrogen and oxygen atoms in total. The molecule has 1 atom stereocenters. The largest absolute Gasteiger partial charge is 0.497 e. The van der Waals surface area contributed by atoms with E-state index in [0.29, 0.717) is 0 Å². The van der Waals surface area contributed by atoms with Crippen LogP contribution in [0.15, 0.2) is 36.4 Å². The summed E-state index contributed by atoms with van der Waals surface area (Å²) in [4.78, 5) is 0. The maximum absolute atomic E-state index is 10.6. The fourth-order valence-corrected chi connectivity index (χ4v) is 2.30. The summed E-state index contributed by atoms with van der Waals surface area (Å²) in [5.74, 6) is 0.814. The summed E-state index contributed by atoms with van der Waals surface area (Å²) in [5.41, 5.74) is 5.19. The predicted octanol–water partition coefficient (Wildman–Crippen LogP) is 3.70. The smallest absolute Gasteiger partial charge is 0.119 e. The van der Waals surface area contributed by atoms with E-state index in [1.165, 1.54) is 0 Å². The lowest BCUT2D eigenvalue weighted by molar-refractivity contribution is 0.218. The molecule has 0 heterocycles. The van der Waals surface area contributed by atoms with Gasteiger partial charge in [-0.1, -0.05) is 29.8 Å². The number of rotatable bonds is 3. The standard InChI is InChI=1S/C17H20O2/c1-11-5-6-12(2)16(9-11)17(18)15-8-7-14(19-4)10-13(15)3/h5-10,17-18H,1-4H3. The maximum Gasteiger partial charge on any atom is 0.119 e. The average molecular weight is 256 g/mol. The van der Waals surface area contributed by atoms with Crippen LogP contribution in [0.25, 0.3) is 0 Å². The summed E-state index contributed by atoms with van der Waals surface area (Å²) in [6.45, 7) is 6.06. The molecule has 0 radical (unpaired) electrons. The molecular formula is C17H20O2. The van der Waals surface area contributed by atoms with Gasteiger partial charge in [0.1, 0.15) is 11.9 Å². The fourth-order valence-electron chi connectivity index (χ4n) is 2.30. The molecule has 0 bridgehead atoms. The first kappa shape index (κ1) is 13.6. The van der Waals surface area contributed by atoms with Crippen LogP contribution in [-0.4, -0.2) is 12.2 Å². The van der Waals surface area contributed by atoms with Crippen molar-refractivity contribution in [2.75, 3.05) is 7.11 Å². The average Bonchev–Trinajstić information content (AvgIpc) is 2.40. The van der Waals surface area contributed by atoms with Crippen molar-refractivity contribution in [2.45, 2.75) is 26.9 Å². The minimum atomic E-state index is -0.592. The van der Waals surface area contributed by atoms with E-state index in [2.05, 4.69) is 6.07 Å². The Kier molecular flexibility index (Phi) is 3.91. The summed E-state index contributed by atoms with van der Waals surface area (Å²) in [7, 11) is 1.65. The van der Waals surface area contributed by atoms with Crippen LogP contribution in [0.5, 0.6) is 5.75 Å². The maximum atomic E-state index is 10.6. The molecule has 0 spiro atoms. The monoisotopic (exact) mass is 256 g/mol. The Morgan fingerprint density at radius 3 is 2.26 bits per heavy atom. The van der Waals surface area contributed by atoms with Crippen molar-refractivity contribution in [1.29, 1.82) is 0 Å². The molecule has 1 N–H and O–H groups in total. The van der Waals surface area contributed by atoms with Gasteiger partial charge in [-0.25, -0.2) is 0 Å². The van der Waals surface area contributed by atoms with Crippen molar-refractivity contribution in [1.82, 2.24) is 0 Å². The fraction of sp³-hybridized carbons (Fsp3) is 0.294. The SMILES string of the molecule is COc1ccc(C(O)c2cc(C)ccc2C)c(C)c1. The molecule has 2 heteroatoms. The number of ether oxygens (including phenoxy) is 1. The first-order valence-corrected chi connectivity index (χ1v) is 6.42. The van der Waals surface area contributed by atoms with Crippen molar-refractivity contribution in [3.8, 4) is 5.75 Å². The number of aliphatic hydroxyl groups is 1. The summed E-state index contributed by atoms with van der Waals surface area (Å²) in [6, 6.07) is 11.9. The van der Waals surface area contributed by atoms with Crippen LogP contribution in [0, 0.1) is 20.8 Å². The Labute approximate surface area is 114 Å². The first-order valence-electron chi connectivity index (χ1n) is 6.42. The molecule has 0 aromatic heterocycles. The van der Waals surface area contributed by atoms with Gasteiger partial charge in [0.2, 0.25) is 0 Å². The van der Waals surface area contributed by atoms with Gasteiger partial charge < -0.3 is 9.84 Å². The Morgan fingerprint density at radius 2 is 1.63 bits per heavy atom. The van der Waals surface area contributed by atoms with Gasteiger partial charge in [-0.15, -0.1) is 0 Å². The van der Waals surface area contributed by atoms with Gasteiger partial charge in [-0.2, -0.15) is 0 Å². The zero-order valence-electron chi connectivity index (χ0n) is 11.9. The number of methoxy groups -OCH3 is 1. The lowest BCUT2D eigenvalue weighted by Crippen LogP contribution is -2.04. The van der Waals surface area contributed by atoms with Crippen molar-refractivity contribution in [3.63, 3.8) is 0 Å². The Morgan fingerprint density at radius 1 is 0.895 bits per heavy atom. The van der Waals surface area contributed by atoms with E-state index in [4.69, 9.17) is 4.74 Å². The zero-order valence-corrected chi connectivity index (χ0v) is 11.9. The third-order valence-electron chi connectivity index (χ3n) is 3.50. The second-order valence-electron chi connectivity index (χ2n) is 4.99. The lowest BCUT2D eigenvalue weighted by Gasteiger charge is -2.17. The molecule has 2 aromatic carbocycles. The van der Waals surface area contributed by atoms with Gasteiger partial charge in [-0.05, 0) is 55.2 Å². The Hall–Kier alpha value is -1.80. The van der Waals surface area contributed by atoms with Crippen LogP contribution < -0.4 is 4.74 Å². The van der Waals surface area contributed by atoms with Crippen LogP contribution in [-0.2, 0) is 0 Å². The first-order chi connectivity index (χ1) is 9.02. The molecule has 0 fully saturated rings. The van der Waals surface area contributed by atoms with Crippen LogP contribution in [0.1, 0.15) is 33.9 Å². The summed E-state index contributed by atoms with van der Waals surface area (Å²) in [6.07, 6.45) is -0.592. The van der Waals surface area contributed by atoms with Gasteiger partial charge in [0.15, 0.2) is 0 Å². The number of hydrogen-bond acceptors (Lipinski definition) is 2. The molecule has 2 rings (SSSR count). The number of benzene rings is 2. The van der Waals surface area contributed by atoms with E-state index in [9.17, 15) is 5.11 Å². The van der Waals surface area contributed by atoms with Crippen molar-refractivity contribution < 1.29 is 9.84 Å². The van der Waals surface area contributed by atoms with E-state index < -0.39 is 6.10 Å². The number of aryl methyl sites for hydroxylation is 3. The predicted molar refractivity (Wildman–Crippen MR) is 77.7 cm³/mol. The Balaban J connectivity index is 2.43. The molecule has 19 heavy (non-hydrogen) atoms. The molecular weight excluding hydrogens is 236 g/mol.